The molecule has 0 aliphatic carbocycles. The van der Waals surface area contributed by atoms with Gasteiger partial charge in [0, 0.05) is 39.7 Å². The molecule has 0 saturated carbocycles. The number of thioether (sulfide) groups is 1. The Morgan fingerprint density at radius 1 is 1.06 bits per heavy atom. The van der Waals surface area contributed by atoms with Crippen molar-refractivity contribution in [3.8, 4) is 40.6 Å². The third kappa shape index (κ3) is 5.36. The number of nitriles is 2. The number of halogens is 1. The molecule has 0 saturated heterocycles. The monoisotopic (exact) mass is 504 g/mol. The lowest BCUT2D eigenvalue weighted by atomic mass is 9.98. The molecular weight excluding hydrogens is 488 g/mol. The van der Waals surface area contributed by atoms with Crippen molar-refractivity contribution < 1.29 is 14.3 Å². The van der Waals surface area contributed by atoms with Crippen molar-refractivity contribution in [2.75, 3.05) is 18.9 Å². The van der Waals surface area contributed by atoms with E-state index < -0.39 is 0 Å². The van der Waals surface area contributed by atoms with Gasteiger partial charge >= 0.3 is 0 Å². The fourth-order valence-corrected chi connectivity index (χ4v) is 4.19. The van der Waals surface area contributed by atoms with Crippen LogP contribution in [0.2, 0.25) is 5.02 Å². The zero-order valence-corrected chi connectivity index (χ0v) is 19.7. The van der Waals surface area contributed by atoms with Gasteiger partial charge in [0.25, 0.3) is 0 Å². The van der Waals surface area contributed by atoms with E-state index in [9.17, 15) is 10.5 Å². The van der Waals surface area contributed by atoms with Crippen LogP contribution in [0.15, 0.2) is 58.3 Å². The normalized spacial score (nSPS) is 10.5. The SMILES string of the molecule is N#Cc1c(N)nc(SCc2coc(-c3ccc(Cl)cc3)n2)c(C#N)c1-c1ccc(OCCO)nc1. The first-order chi connectivity index (χ1) is 17.0. The van der Waals surface area contributed by atoms with E-state index in [0.717, 1.165) is 5.56 Å². The number of anilines is 1. The first kappa shape index (κ1) is 24.0. The van der Waals surface area contributed by atoms with E-state index in [0.29, 0.717) is 44.4 Å². The van der Waals surface area contributed by atoms with Crippen LogP contribution in [0.3, 0.4) is 0 Å². The highest BCUT2D eigenvalue weighted by molar-refractivity contribution is 7.98. The van der Waals surface area contributed by atoms with Crippen molar-refractivity contribution in [3.05, 3.63) is 70.7 Å². The van der Waals surface area contributed by atoms with Gasteiger partial charge in [-0.3, -0.25) is 0 Å². The summed E-state index contributed by atoms with van der Waals surface area (Å²) in [5.41, 5.74) is 8.64. The van der Waals surface area contributed by atoms with Gasteiger partial charge in [-0.1, -0.05) is 23.4 Å². The van der Waals surface area contributed by atoms with Crippen LogP contribution in [-0.4, -0.2) is 33.3 Å². The summed E-state index contributed by atoms with van der Waals surface area (Å²) in [6.45, 7) is -0.0429. The summed E-state index contributed by atoms with van der Waals surface area (Å²) in [5.74, 6) is 1.11. The molecule has 0 fully saturated rings. The van der Waals surface area contributed by atoms with E-state index in [4.69, 9.17) is 31.6 Å². The first-order valence-electron chi connectivity index (χ1n) is 10.2. The number of aliphatic hydroxyl groups is 1. The molecule has 0 bridgehead atoms. The van der Waals surface area contributed by atoms with Crippen LogP contribution < -0.4 is 10.5 Å². The van der Waals surface area contributed by atoms with E-state index in [-0.39, 0.29) is 30.2 Å². The molecule has 11 heteroatoms. The number of aliphatic hydroxyl groups excluding tert-OH is 1. The van der Waals surface area contributed by atoms with Gasteiger partial charge in [-0.05, 0) is 30.3 Å². The average Bonchev–Trinajstić information content (AvgIpc) is 3.35. The molecule has 3 N–H and O–H groups in total. The van der Waals surface area contributed by atoms with Crippen molar-refractivity contribution in [1.82, 2.24) is 15.0 Å². The summed E-state index contributed by atoms with van der Waals surface area (Å²) in [7, 11) is 0. The second kappa shape index (κ2) is 10.9. The van der Waals surface area contributed by atoms with Gasteiger partial charge in [0.2, 0.25) is 11.8 Å². The summed E-state index contributed by atoms with van der Waals surface area (Å²) < 4.78 is 10.9. The van der Waals surface area contributed by atoms with E-state index in [1.165, 1.54) is 24.2 Å². The van der Waals surface area contributed by atoms with Crippen molar-refractivity contribution in [3.63, 3.8) is 0 Å². The molecular formula is C24H17ClN6O3S. The van der Waals surface area contributed by atoms with Crippen LogP contribution >= 0.6 is 23.4 Å². The van der Waals surface area contributed by atoms with Gasteiger partial charge < -0.3 is 20.0 Å². The van der Waals surface area contributed by atoms with Crippen molar-refractivity contribution in [2.45, 2.75) is 10.8 Å². The molecule has 4 rings (SSSR count). The van der Waals surface area contributed by atoms with E-state index in [1.807, 2.05) is 18.2 Å². The Hall–Kier alpha value is -4.09. The van der Waals surface area contributed by atoms with E-state index >= 15 is 0 Å². The van der Waals surface area contributed by atoms with Crippen LogP contribution in [0.1, 0.15) is 16.8 Å². The lowest BCUT2D eigenvalue weighted by molar-refractivity contribution is 0.196. The Kier molecular flexibility index (Phi) is 7.48. The van der Waals surface area contributed by atoms with E-state index in [1.54, 1.807) is 24.3 Å². The first-order valence-corrected chi connectivity index (χ1v) is 11.6. The zero-order valence-electron chi connectivity index (χ0n) is 18.1. The maximum absolute atomic E-state index is 9.94. The number of rotatable bonds is 8. The van der Waals surface area contributed by atoms with Gasteiger partial charge in [0.1, 0.15) is 41.4 Å². The number of nitrogens with zero attached hydrogens (tertiary/aromatic N) is 5. The van der Waals surface area contributed by atoms with Crippen LogP contribution in [0.25, 0.3) is 22.6 Å². The van der Waals surface area contributed by atoms with Crippen LogP contribution in [0.4, 0.5) is 5.82 Å². The maximum Gasteiger partial charge on any atom is 0.226 e. The number of nitrogens with two attached hydrogens (primary N) is 1. The molecule has 1 aromatic carbocycles. The van der Waals surface area contributed by atoms with Crippen LogP contribution in [0.5, 0.6) is 5.88 Å². The summed E-state index contributed by atoms with van der Waals surface area (Å²) in [4.78, 5) is 13.0. The summed E-state index contributed by atoms with van der Waals surface area (Å²) in [6.07, 6.45) is 3.01. The van der Waals surface area contributed by atoms with E-state index in [2.05, 4.69) is 21.0 Å². The Bertz CT molecular complexity index is 1430. The molecule has 35 heavy (non-hydrogen) atoms. The maximum atomic E-state index is 9.94. The third-order valence-corrected chi connectivity index (χ3v) is 6.04. The number of oxazole rings is 1. The van der Waals surface area contributed by atoms with Gasteiger partial charge in [-0.25, -0.2) is 15.0 Å². The number of benzene rings is 1. The zero-order chi connectivity index (χ0) is 24.8. The lowest BCUT2D eigenvalue weighted by Gasteiger charge is -2.13. The van der Waals surface area contributed by atoms with Crippen molar-refractivity contribution in [2.24, 2.45) is 0 Å². The quantitative estimate of drug-likeness (QED) is 0.329. The number of pyridine rings is 2. The molecule has 0 aliphatic heterocycles. The molecule has 0 atom stereocenters. The third-order valence-electron chi connectivity index (χ3n) is 4.78. The number of hydrogen-bond acceptors (Lipinski definition) is 10. The highest BCUT2D eigenvalue weighted by Gasteiger charge is 2.21. The molecule has 0 aliphatic rings. The molecule has 4 aromatic rings. The Balaban J connectivity index is 1.63. The number of nitrogen functional groups attached to an aromatic ring is 1. The van der Waals surface area contributed by atoms with Crippen LogP contribution in [-0.2, 0) is 5.75 Å². The minimum Gasteiger partial charge on any atom is -0.475 e. The number of ether oxygens (including phenoxy) is 1. The molecule has 0 amide bonds. The predicted octanol–water partition coefficient (Wildman–Crippen LogP) is 4.44. The van der Waals surface area contributed by atoms with Gasteiger partial charge in [-0.2, -0.15) is 10.5 Å². The van der Waals surface area contributed by atoms with Crippen molar-refractivity contribution >= 4 is 29.2 Å². The number of hydrogen-bond donors (Lipinski definition) is 2. The molecule has 9 nitrogen and oxygen atoms in total. The van der Waals surface area contributed by atoms with Gasteiger partial charge in [0.05, 0.1) is 17.9 Å². The second-order valence-corrected chi connectivity index (χ2v) is 8.45. The minimum atomic E-state index is -0.144. The molecule has 0 radical (unpaired) electrons. The average molecular weight is 505 g/mol. The van der Waals surface area contributed by atoms with Crippen LogP contribution in [0, 0.1) is 22.7 Å². The van der Waals surface area contributed by atoms with Crippen molar-refractivity contribution in [1.29, 1.82) is 10.5 Å². The Morgan fingerprint density at radius 3 is 2.46 bits per heavy atom. The summed E-state index contributed by atoms with van der Waals surface area (Å²) >= 11 is 7.19. The smallest absolute Gasteiger partial charge is 0.226 e. The molecule has 174 valence electrons. The fourth-order valence-electron chi connectivity index (χ4n) is 3.20. The fraction of sp³-hybridized carbons (Fsp3) is 0.125. The lowest BCUT2D eigenvalue weighted by Crippen LogP contribution is -2.05. The summed E-state index contributed by atoms with van der Waals surface area (Å²) in [5, 5.41) is 29.5. The topological polar surface area (TPSA) is 155 Å². The molecule has 0 spiro atoms. The molecule has 3 heterocycles. The van der Waals surface area contributed by atoms with Gasteiger partial charge in [-0.15, -0.1) is 0 Å². The largest absolute Gasteiger partial charge is 0.475 e. The second-order valence-electron chi connectivity index (χ2n) is 7.05. The Labute approximate surface area is 209 Å². The minimum absolute atomic E-state index is 0.00612. The highest BCUT2D eigenvalue weighted by atomic mass is 35.5. The number of aromatic nitrogens is 3. The molecule has 0 unspecified atom stereocenters. The predicted molar refractivity (Wildman–Crippen MR) is 130 cm³/mol. The summed E-state index contributed by atoms with van der Waals surface area (Å²) in [6, 6.07) is 14.6. The van der Waals surface area contributed by atoms with Gasteiger partial charge in [0.15, 0.2) is 0 Å². The Morgan fingerprint density at radius 2 is 1.80 bits per heavy atom. The standard InChI is InChI=1S/C24H17ClN6O3S/c25-16-4-1-14(2-5-16)23-30-17(12-34-23)13-35-24-19(10-27)21(18(9-26)22(28)31-24)15-3-6-20(29-11-15)33-8-7-32/h1-6,11-12,32H,7-8,13H2,(H2,28,31). The highest BCUT2D eigenvalue weighted by Crippen LogP contribution is 2.37. The molecule has 3 aromatic heterocycles.